The molecule has 0 bridgehead atoms. The molecule has 7 heteroatoms. The highest BCUT2D eigenvalue weighted by Gasteiger charge is 2.16. The van der Waals surface area contributed by atoms with Gasteiger partial charge in [0.2, 0.25) is 11.2 Å². The van der Waals surface area contributed by atoms with Crippen LogP contribution in [-0.2, 0) is 4.79 Å². The maximum Gasteiger partial charge on any atom is 0.341 e. The van der Waals surface area contributed by atoms with Gasteiger partial charge in [0, 0.05) is 6.07 Å². The molecule has 140 valence electrons. The molecule has 1 N–H and O–H groups in total. The summed E-state index contributed by atoms with van der Waals surface area (Å²) in [5.41, 5.74) is -0.0596. The normalized spacial score (nSPS) is 10.6. The molecule has 0 fully saturated rings. The van der Waals surface area contributed by atoms with E-state index in [1.54, 1.807) is 25.1 Å². The standard InChI is InChI=1S/C20H18O7/c1-3-24-15-6-4-5-7-16(15)27-20-12(2)26-17-10-13(25-11-18(21)22)8-9-14(17)19(20)23/h4-10H,3,11H2,1-2H3,(H,21,22). The topological polar surface area (TPSA) is 95.2 Å². The SMILES string of the molecule is CCOc1ccccc1Oc1c(C)oc2cc(OCC(=O)O)ccc2c1=O. The van der Waals surface area contributed by atoms with Crippen LogP contribution in [0.25, 0.3) is 11.0 Å². The first kappa shape index (κ1) is 18.3. The number of carbonyl (C=O) groups is 1. The quantitative estimate of drug-likeness (QED) is 0.676. The highest BCUT2D eigenvalue weighted by molar-refractivity contribution is 5.80. The van der Waals surface area contributed by atoms with Crippen molar-refractivity contribution in [3.63, 3.8) is 0 Å². The molecule has 0 saturated heterocycles. The lowest BCUT2D eigenvalue weighted by Crippen LogP contribution is -2.10. The van der Waals surface area contributed by atoms with Crippen molar-refractivity contribution >= 4 is 16.9 Å². The first-order chi connectivity index (χ1) is 13.0. The van der Waals surface area contributed by atoms with Crippen LogP contribution in [-0.4, -0.2) is 24.3 Å². The number of hydrogen-bond acceptors (Lipinski definition) is 6. The van der Waals surface area contributed by atoms with E-state index in [2.05, 4.69) is 0 Å². The summed E-state index contributed by atoms with van der Waals surface area (Å²) < 4.78 is 22.1. The lowest BCUT2D eigenvalue weighted by atomic mass is 10.2. The highest BCUT2D eigenvalue weighted by atomic mass is 16.5. The van der Waals surface area contributed by atoms with Crippen LogP contribution < -0.4 is 19.6 Å². The van der Waals surface area contributed by atoms with Crippen LogP contribution in [0, 0.1) is 6.92 Å². The monoisotopic (exact) mass is 370 g/mol. The van der Waals surface area contributed by atoms with Gasteiger partial charge >= 0.3 is 5.97 Å². The van der Waals surface area contributed by atoms with Crippen LogP contribution in [0.5, 0.6) is 23.0 Å². The van der Waals surface area contributed by atoms with Gasteiger partial charge in [-0.3, -0.25) is 4.79 Å². The number of carboxylic acids is 1. The molecular weight excluding hydrogens is 352 g/mol. The minimum absolute atomic E-state index is 0.0638. The average molecular weight is 370 g/mol. The van der Waals surface area contributed by atoms with E-state index in [1.165, 1.54) is 18.2 Å². The fourth-order valence-corrected chi connectivity index (χ4v) is 2.54. The molecule has 0 spiro atoms. The van der Waals surface area contributed by atoms with Gasteiger partial charge in [-0.1, -0.05) is 12.1 Å². The van der Waals surface area contributed by atoms with E-state index in [0.717, 1.165) is 0 Å². The third kappa shape index (κ3) is 4.03. The highest BCUT2D eigenvalue weighted by Crippen LogP contribution is 2.32. The first-order valence-corrected chi connectivity index (χ1v) is 8.31. The van der Waals surface area contributed by atoms with Crippen LogP contribution in [0.2, 0.25) is 0 Å². The molecule has 2 aromatic carbocycles. The summed E-state index contributed by atoms with van der Waals surface area (Å²) in [5.74, 6) is 0.488. The van der Waals surface area contributed by atoms with Crippen LogP contribution >= 0.6 is 0 Å². The van der Waals surface area contributed by atoms with Gasteiger partial charge in [-0.05, 0) is 38.1 Å². The Morgan fingerprint density at radius 3 is 2.56 bits per heavy atom. The van der Waals surface area contributed by atoms with Crippen LogP contribution in [0.15, 0.2) is 51.7 Å². The largest absolute Gasteiger partial charge is 0.490 e. The number of aliphatic carboxylic acids is 1. The molecule has 3 aromatic rings. The second kappa shape index (κ2) is 7.82. The third-order valence-electron chi connectivity index (χ3n) is 3.71. The van der Waals surface area contributed by atoms with Gasteiger partial charge < -0.3 is 23.7 Å². The number of para-hydroxylation sites is 2. The molecule has 1 heterocycles. The van der Waals surface area contributed by atoms with Crippen LogP contribution in [0.1, 0.15) is 12.7 Å². The van der Waals surface area contributed by atoms with E-state index in [1.807, 2.05) is 13.0 Å². The van der Waals surface area contributed by atoms with Gasteiger partial charge in [0.15, 0.2) is 18.1 Å². The smallest absolute Gasteiger partial charge is 0.341 e. The Kier molecular flexibility index (Phi) is 5.30. The number of aryl methyl sites for hydroxylation is 1. The summed E-state index contributed by atoms with van der Waals surface area (Å²) >= 11 is 0. The third-order valence-corrected chi connectivity index (χ3v) is 3.71. The number of ether oxygens (including phenoxy) is 3. The van der Waals surface area contributed by atoms with Gasteiger partial charge in [-0.25, -0.2) is 4.79 Å². The lowest BCUT2D eigenvalue weighted by molar-refractivity contribution is -0.139. The lowest BCUT2D eigenvalue weighted by Gasteiger charge is -2.13. The fraction of sp³-hybridized carbons (Fsp3) is 0.200. The summed E-state index contributed by atoms with van der Waals surface area (Å²) in [6.45, 7) is 3.45. The van der Waals surface area contributed by atoms with Gasteiger partial charge in [0.05, 0.1) is 12.0 Å². The van der Waals surface area contributed by atoms with Gasteiger partial charge in [-0.2, -0.15) is 0 Å². The molecule has 0 radical (unpaired) electrons. The summed E-state index contributed by atoms with van der Waals surface area (Å²) in [7, 11) is 0. The van der Waals surface area contributed by atoms with Gasteiger partial charge in [0.1, 0.15) is 17.1 Å². The molecular formula is C20H18O7. The molecule has 0 aliphatic rings. The molecule has 0 aliphatic heterocycles. The molecule has 3 rings (SSSR count). The number of hydrogen-bond donors (Lipinski definition) is 1. The Morgan fingerprint density at radius 1 is 1.11 bits per heavy atom. The fourth-order valence-electron chi connectivity index (χ4n) is 2.54. The van der Waals surface area contributed by atoms with E-state index in [9.17, 15) is 9.59 Å². The van der Waals surface area contributed by atoms with Crippen LogP contribution in [0.4, 0.5) is 0 Å². The number of benzene rings is 2. The van der Waals surface area contributed by atoms with Crippen molar-refractivity contribution in [1.82, 2.24) is 0 Å². The van der Waals surface area contributed by atoms with Crippen molar-refractivity contribution < 1.29 is 28.5 Å². The van der Waals surface area contributed by atoms with Crippen molar-refractivity contribution in [2.75, 3.05) is 13.2 Å². The molecule has 0 atom stereocenters. The molecule has 0 amide bonds. The minimum Gasteiger partial charge on any atom is -0.490 e. The Hall–Kier alpha value is -3.48. The zero-order valence-corrected chi connectivity index (χ0v) is 14.9. The predicted octanol–water partition coefficient (Wildman–Crippen LogP) is 3.76. The van der Waals surface area contributed by atoms with E-state index in [0.29, 0.717) is 29.2 Å². The average Bonchev–Trinajstić information content (AvgIpc) is 2.64. The summed E-state index contributed by atoms with van der Waals surface area (Å²) in [6, 6.07) is 11.5. The summed E-state index contributed by atoms with van der Waals surface area (Å²) in [5, 5.41) is 8.99. The Bertz CT molecular complexity index is 1040. The number of carboxylic acid groups (broad SMARTS) is 1. The minimum atomic E-state index is -1.09. The van der Waals surface area contributed by atoms with E-state index >= 15 is 0 Å². The van der Waals surface area contributed by atoms with Crippen LogP contribution in [0.3, 0.4) is 0 Å². The van der Waals surface area contributed by atoms with Gasteiger partial charge in [-0.15, -0.1) is 0 Å². The Morgan fingerprint density at radius 2 is 1.85 bits per heavy atom. The molecule has 0 unspecified atom stereocenters. The first-order valence-electron chi connectivity index (χ1n) is 8.31. The molecule has 0 aliphatic carbocycles. The molecule has 7 nitrogen and oxygen atoms in total. The van der Waals surface area contributed by atoms with E-state index in [4.69, 9.17) is 23.7 Å². The van der Waals surface area contributed by atoms with Crippen molar-refractivity contribution in [3.05, 3.63) is 58.4 Å². The Balaban J connectivity index is 1.99. The zero-order chi connectivity index (χ0) is 19.4. The Labute approximate surface area is 154 Å². The van der Waals surface area contributed by atoms with E-state index < -0.39 is 12.6 Å². The van der Waals surface area contributed by atoms with E-state index in [-0.39, 0.29) is 22.5 Å². The number of rotatable bonds is 7. The maximum absolute atomic E-state index is 12.8. The molecule has 27 heavy (non-hydrogen) atoms. The predicted molar refractivity (Wildman–Crippen MR) is 98.0 cm³/mol. The second-order valence-electron chi connectivity index (χ2n) is 5.64. The second-order valence-corrected chi connectivity index (χ2v) is 5.64. The molecule has 1 aromatic heterocycles. The molecule has 0 saturated carbocycles. The van der Waals surface area contributed by atoms with Crippen molar-refractivity contribution in [2.45, 2.75) is 13.8 Å². The maximum atomic E-state index is 12.8. The van der Waals surface area contributed by atoms with Crippen molar-refractivity contribution in [1.29, 1.82) is 0 Å². The summed E-state index contributed by atoms with van der Waals surface area (Å²) in [6.07, 6.45) is 0. The zero-order valence-electron chi connectivity index (χ0n) is 14.9. The van der Waals surface area contributed by atoms with Crippen molar-refractivity contribution in [2.24, 2.45) is 0 Å². The van der Waals surface area contributed by atoms with Crippen molar-refractivity contribution in [3.8, 4) is 23.0 Å². The summed E-state index contributed by atoms with van der Waals surface area (Å²) in [4.78, 5) is 23.5. The van der Waals surface area contributed by atoms with Gasteiger partial charge in [0.25, 0.3) is 0 Å². The number of fused-ring (bicyclic) bond motifs is 1.